The summed E-state index contributed by atoms with van der Waals surface area (Å²) >= 11 is 0.796. The Morgan fingerprint density at radius 1 is 1.56 bits per heavy atom. The minimum Gasteiger partial charge on any atom is -0.396 e. The molecule has 0 aliphatic carbocycles. The third kappa shape index (κ3) is 2.92. The number of nitrogen functional groups attached to an aromatic ring is 1. The van der Waals surface area contributed by atoms with Crippen LogP contribution >= 0.6 is 11.3 Å². The van der Waals surface area contributed by atoms with Gasteiger partial charge in [-0.2, -0.15) is 18.4 Å². The molecule has 0 aromatic carbocycles. The van der Waals surface area contributed by atoms with Crippen LogP contribution in [0.1, 0.15) is 22.2 Å². The first-order chi connectivity index (χ1) is 8.17. The van der Waals surface area contributed by atoms with Crippen molar-refractivity contribution in [2.75, 3.05) is 24.2 Å². The number of Topliss-reactive ketones (excluding diaryl/α,β-unsaturated/α-hetero) is 1. The maximum atomic E-state index is 12.3. The highest BCUT2D eigenvalue weighted by molar-refractivity contribution is 7.19. The Balaban J connectivity index is 3.21. The lowest BCUT2D eigenvalue weighted by Crippen LogP contribution is -2.30. The molecule has 18 heavy (non-hydrogen) atoms. The number of nitrogens with two attached hydrogens (primary N) is 1. The highest BCUT2D eigenvalue weighted by Crippen LogP contribution is 2.38. The number of ketones is 1. The molecular formula is C10H10F3N3OS. The van der Waals surface area contributed by atoms with Gasteiger partial charge in [-0.3, -0.25) is 4.79 Å². The Labute approximate surface area is 105 Å². The molecule has 0 saturated carbocycles. The lowest BCUT2D eigenvalue weighted by Gasteiger charge is -2.19. The van der Waals surface area contributed by atoms with Crippen LogP contribution in [0.25, 0.3) is 0 Å². The first-order valence-electron chi connectivity index (χ1n) is 4.78. The molecule has 98 valence electrons. The van der Waals surface area contributed by atoms with Crippen LogP contribution in [0.5, 0.6) is 0 Å². The molecule has 4 nitrogen and oxygen atoms in total. The second-order valence-electron chi connectivity index (χ2n) is 3.66. The Morgan fingerprint density at radius 2 is 2.11 bits per heavy atom. The number of alkyl halides is 3. The third-order valence-electron chi connectivity index (χ3n) is 2.12. The minimum absolute atomic E-state index is 0.0533. The summed E-state index contributed by atoms with van der Waals surface area (Å²) in [6.07, 6.45) is -4.39. The quantitative estimate of drug-likeness (QED) is 0.861. The van der Waals surface area contributed by atoms with E-state index in [1.165, 1.54) is 14.0 Å². The van der Waals surface area contributed by atoms with Gasteiger partial charge in [-0.15, -0.1) is 11.3 Å². The van der Waals surface area contributed by atoms with Crippen molar-refractivity contribution < 1.29 is 18.0 Å². The van der Waals surface area contributed by atoms with Gasteiger partial charge in [-0.05, 0) is 0 Å². The molecule has 0 fully saturated rings. The van der Waals surface area contributed by atoms with Gasteiger partial charge in [0.2, 0.25) is 0 Å². The number of hydrogen-bond acceptors (Lipinski definition) is 5. The lowest BCUT2D eigenvalue weighted by molar-refractivity contribution is -0.119. The van der Waals surface area contributed by atoms with E-state index in [2.05, 4.69) is 0 Å². The average molecular weight is 277 g/mol. The van der Waals surface area contributed by atoms with E-state index in [4.69, 9.17) is 11.0 Å². The van der Waals surface area contributed by atoms with Crippen LogP contribution in [0, 0.1) is 11.3 Å². The number of thiophene rings is 1. The monoisotopic (exact) mass is 277 g/mol. The summed E-state index contributed by atoms with van der Waals surface area (Å²) in [7, 11) is 1.20. The summed E-state index contributed by atoms with van der Waals surface area (Å²) in [6, 6.07) is 1.73. The molecule has 0 unspecified atom stereocenters. The zero-order chi connectivity index (χ0) is 14.1. The molecule has 1 aromatic rings. The van der Waals surface area contributed by atoms with Crippen molar-refractivity contribution in [3.8, 4) is 6.07 Å². The molecule has 0 aliphatic heterocycles. The molecule has 1 heterocycles. The highest BCUT2D eigenvalue weighted by atomic mass is 32.1. The number of carbonyl (C=O) groups excluding carboxylic acids is 1. The Morgan fingerprint density at radius 3 is 2.50 bits per heavy atom. The molecule has 0 saturated heterocycles. The number of anilines is 2. The number of carbonyl (C=O) groups is 1. The number of hydrogen-bond donors (Lipinski definition) is 1. The van der Waals surface area contributed by atoms with Crippen LogP contribution in [0.15, 0.2) is 0 Å². The van der Waals surface area contributed by atoms with Crippen molar-refractivity contribution in [2.24, 2.45) is 0 Å². The van der Waals surface area contributed by atoms with Gasteiger partial charge >= 0.3 is 6.18 Å². The van der Waals surface area contributed by atoms with Crippen molar-refractivity contribution >= 4 is 27.8 Å². The van der Waals surface area contributed by atoms with E-state index in [1.54, 1.807) is 6.07 Å². The summed E-state index contributed by atoms with van der Waals surface area (Å²) in [6.45, 7) is 0.0376. The van der Waals surface area contributed by atoms with Crippen molar-refractivity contribution in [2.45, 2.75) is 13.1 Å². The van der Waals surface area contributed by atoms with Crippen LogP contribution in [-0.2, 0) is 0 Å². The molecule has 0 aliphatic rings. The Hall–Kier alpha value is -1.75. The van der Waals surface area contributed by atoms with Gasteiger partial charge in [0.1, 0.15) is 23.2 Å². The third-order valence-corrected chi connectivity index (χ3v) is 3.54. The van der Waals surface area contributed by atoms with E-state index >= 15 is 0 Å². The molecule has 8 heteroatoms. The largest absolute Gasteiger partial charge is 0.405 e. The minimum atomic E-state index is -4.39. The average Bonchev–Trinajstić information content (AvgIpc) is 2.52. The van der Waals surface area contributed by atoms with Crippen LogP contribution < -0.4 is 10.6 Å². The van der Waals surface area contributed by atoms with Gasteiger partial charge in [-0.25, -0.2) is 0 Å². The number of nitriles is 1. The van der Waals surface area contributed by atoms with Gasteiger partial charge in [-0.1, -0.05) is 0 Å². The van der Waals surface area contributed by atoms with E-state index in [-0.39, 0.29) is 26.9 Å². The predicted molar refractivity (Wildman–Crippen MR) is 62.8 cm³/mol. The van der Waals surface area contributed by atoms with E-state index in [0.717, 1.165) is 16.2 Å². The highest BCUT2D eigenvalue weighted by Gasteiger charge is 2.32. The fourth-order valence-electron chi connectivity index (χ4n) is 1.41. The second-order valence-corrected chi connectivity index (χ2v) is 4.66. The Bertz CT molecular complexity index is 516. The summed E-state index contributed by atoms with van der Waals surface area (Å²) in [5.41, 5.74) is 5.43. The van der Waals surface area contributed by atoms with Gasteiger partial charge in [0.15, 0.2) is 5.78 Å². The summed E-state index contributed by atoms with van der Waals surface area (Å²) < 4.78 is 36.8. The fraction of sp³-hybridized carbons (Fsp3) is 0.400. The van der Waals surface area contributed by atoms with Crippen molar-refractivity contribution in [3.05, 3.63) is 10.4 Å². The number of halogens is 3. The van der Waals surface area contributed by atoms with E-state index in [1.807, 2.05) is 0 Å². The maximum absolute atomic E-state index is 12.3. The summed E-state index contributed by atoms with van der Waals surface area (Å²) in [4.78, 5) is 12.2. The molecule has 0 amide bonds. The molecule has 0 atom stereocenters. The number of rotatable bonds is 3. The fourth-order valence-corrected chi connectivity index (χ4v) is 2.44. The zero-order valence-corrected chi connectivity index (χ0v) is 10.4. The lowest BCUT2D eigenvalue weighted by atomic mass is 10.2. The predicted octanol–water partition coefficient (Wildman–Crippen LogP) is 2.40. The smallest absolute Gasteiger partial charge is 0.396 e. The van der Waals surface area contributed by atoms with Gasteiger partial charge in [0.05, 0.1) is 10.6 Å². The molecule has 1 rings (SSSR count). The first-order valence-corrected chi connectivity index (χ1v) is 5.60. The van der Waals surface area contributed by atoms with E-state index in [9.17, 15) is 18.0 Å². The summed E-state index contributed by atoms with van der Waals surface area (Å²) in [5.74, 6) is -0.374. The molecule has 2 N–H and O–H groups in total. The van der Waals surface area contributed by atoms with Crippen LogP contribution in [0.4, 0.5) is 23.9 Å². The molecule has 0 radical (unpaired) electrons. The molecule has 0 spiro atoms. The van der Waals surface area contributed by atoms with Gasteiger partial charge in [0, 0.05) is 14.0 Å². The normalized spacial score (nSPS) is 11.1. The Kier molecular flexibility index (Phi) is 3.86. The van der Waals surface area contributed by atoms with Gasteiger partial charge in [0.25, 0.3) is 0 Å². The standard InChI is InChI=1S/C10H10F3N3OS/c1-5(17)8-7(15)6(3-14)9(18-8)16(2)4-10(11,12)13/h4,15H2,1-2H3. The van der Waals surface area contributed by atoms with Crippen LogP contribution in [0.3, 0.4) is 0 Å². The molecular weight excluding hydrogens is 267 g/mol. The zero-order valence-electron chi connectivity index (χ0n) is 9.63. The topological polar surface area (TPSA) is 70.1 Å². The van der Waals surface area contributed by atoms with Crippen molar-refractivity contribution in [1.29, 1.82) is 5.26 Å². The molecule has 0 bridgehead atoms. The maximum Gasteiger partial charge on any atom is 0.405 e. The van der Waals surface area contributed by atoms with Crippen LogP contribution in [-0.4, -0.2) is 25.6 Å². The van der Waals surface area contributed by atoms with Crippen LogP contribution in [0.2, 0.25) is 0 Å². The van der Waals surface area contributed by atoms with Gasteiger partial charge < -0.3 is 10.6 Å². The van der Waals surface area contributed by atoms with Crippen molar-refractivity contribution in [3.63, 3.8) is 0 Å². The van der Waals surface area contributed by atoms with E-state index in [0.29, 0.717) is 0 Å². The van der Waals surface area contributed by atoms with E-state index < -0.39 is 12.7 Å². The SMILES string of the molecule is CC(=O)c1sc(N(C)CC(F)(F)F)c(C#N)c1N. The second kappa shape index (κ2) is 4.86. The van der Waals surface area contributed by atoms with Crippen molar-refractivity contribution in [1.82, 2.24) is 0 Å². The summed E-state index contributed by atoms with van der Waals surface area (Å²) in [5, 5.41) is 8.95. The molecule has 1 aromatic heterocycles. The first kappa shape index (κ1) is 14.3. The number of nitrogens with zero attached hydrogens (tertiary/aromatic N) is 2.